The SMILES string of the molecule is COc1cc(/C=C2/N=C(c3ccc(C)c(C)c3)NC2=O)c(OC)cc1C. The molecule has 1 heterocycles. The summed E-state index contributed by atoms with van der Waals surface area (Å²) in [5.41, 5.74) is 5.28. The molecule has 0 fully saturated rings. The zero-order valence-corrected chi connectivity index (χ0v) is 15.6. The Labute approximate surface area is 153 Å². The Morgan fingerprint density at radius 2 is 1.65 bits per heavy atom. The van der Waals surface area contributed by atoms with E-state index in [1.807, 2.05) is 44.2 Å². The van der Waals surface area contributed by atoms with Gasteiger partial charge in [-0.05, 0) is 61.7 Å². The van der Waals surface area contributed by atoms with Crippen LogP contribution in [0.5, 0.6) is 11.5 Å². The van der Waals surface area contributed by atoms with Gasteiger partial charge in [-0.3, -0.25) is 4.79 Å². The van der Waals surface area contributed by atoms with E-state index in [9.17, 15) is 4.79 Å². The van der Waals surface area contributed by atoms with Crippen molar-refractivity contribution in [3.05, 3.63) is 63.8 Å². The van der Waals surface area contributed by atoms with Gasteiger partial charge in [-0.1, -0.05) is 12.1 Å². The van der Waals surface area contributed by atoms with Crippen molar-refractivity contribution >= 4 is 17.8 Å². The molecule has 2 aromatic carbocycles. The Bertz CT molecular complexity index is 943. The molecule has 3 rings (SSSR count). The second-order valence-corrected chi connectivity index (χ2v) is 6.31. The second kappa shape index (κ2) is 7.04. The monoisotopic (exact) mass is 350 g/mol. The highest BCUT2D eigenvalue weighted by Crippen LogP contribution is 2.30. The topological polar surface area (TPSA) is 59.9 Å². The van der Waals surface area contributed by atoms with Gasteiger partial charge in [-0.25, -0.2) is 4.99 Å². The van der Waals surface area contributed by atoms with Crippen molar-refractivity contribution < 1.29 is 14.3 Å². The molecule has 5 nitrogen and oxygen atoms in total. The van der Waals surface area contributed by atoms with Crippen molar-refractivity contribution in [3.8, 4) is 11.5 Å². The Kier molecular flexibility index (Phi) is 4.80. The van der Waals surface area contributed by atoms with Crippen LogP contribution in [0, 0.1) is 20.8 Å². The Morgan fingerprint density at radius 3 is 2.31 bits per heavy atom. The predicted octanol–water partition coefficient (Wildman–Crippen LogP) is 3.55. The molecule has 1 amide bonds. The molecule has 0 saturated carbocycles. The minimum Gasteiger partial charge on any atom is -0.496 e. The summed E-state index contributed by atoms with van der Waals surface area (Å²) in [7, 11) is 3.21. The fraction of sp³-hybridized carbons (Fsp3) is 0.238. The van der Waals surface area contributed by atoms with Crippen molar-refractivity contribution in [1.82, 2.24) is 5.32 Å². The number of benzene rings is 2. The van der Waals surface area contributed by atoms with E-state index in [1.165, 1.54) is 5.56 Å². The first-order valence-corrected chi connectivity index (χ1v) is 8.35. The van der Waals surface area contributed by atoms with Gasteiger partial charge in [0.05, 0.1) is 14.2 Å². The summed E-state index contributed by atoms with van der Waals surface area (Å²) in [6.45, 7) is 6.03. The third kappa shape index (κ3) is 3.33. The summed E-state index contributed by atoms with van der Waals surface area (Å²) in [6.07, 6.45) is 1.71. The molecule has 2 aromatic rings. The number of nitrogens with one attached hydrogen (secondary N) is 1. The molecule has 1 aliphatic rings. The van der Waals surface area contributed by atoms with E-state index in [0.717, 1.165) is 28.0 Å². The minimum atomic E-state index is -0.236. The van der Waals surface area contributed by atoms with Gasteiger partial charge >= 0.3 is 0 Å². The van der Waals surface area contributed by atoms with Crippen LogP contribution in [0.2, 0.25) is 0 Å². The largest absolute Gasteiger partial charge is 0.496 e. The van der Waals surface area contributed by atoms with Crippen molar-refractivity contribution in [2.45, 2.75) is 20.8 Å². The number of rotatable bonds is 4. The summed E-state index contributed by atoms with van der Waals surface area (Å²) < 4.78 is 10.8. The van der Waals surface area contributed by atoms with Crippen molar-refractivity contribution in [2.75, 3.05) is 14.2 Å². The predicted molar refractivity (Wildman–Crippen MR) is 103 cm³/mol. The summed E-state index contributed by atoms with van der Waals surface area (Å²) >= 11 is 0. The zero-order chi connectivity index (χ0) is 18.8. The number of amidine groups is 1. The number of nitrogens with zero attached hydrogens (tertiary/aromatic N) is 1. The summed E-state index contributed by atoms with van der Waals surface area (Å²) in [6, 6.07) is 9.73. The molecule has 5 heteroatoms. The van der Waals surface area contributed by atoms with Gasteiger partial charge in [0, 0.05) is 11.1 Å². The molecular formula is C21H22N2O3. The molecule has 0 spiro atoms. The van der Waals surface area contributed by atoms with Crippen LogP contribution < -0.4 is 14.8 Å². The summed E-state index contributed by atoms with van der Waals surface area (Å²) in [5.74, 6) is 1.72. The van der Waals surface area contributed by atoms with Gasteiger partial charge in [-0.2, -0.15) is 0 Å². The highest BCUT2D eigenvalue weighted by molar-refractivity contribution is 6.19. The second-order valence-electron chi connectivity index (χ2n) is 6.31. The lowest BCUT2D eigenvalue weighted by atomic mass is 10.1. The number of amides is 1. The third-order valence-corrected chi connectivity index (χ3v) is 4.52. The Hall–Kier alpha value is -3.08. The first-order chi connectivity index (χ1) is 12.4. The molecule has 0 aliphatic carbocycles. The van der Waals surface area contributed by atoms with E-state index < -0.39 is 0 Å². The average molecular weight is 350 g/mol. The van der Waals surface area contributed by atoms with Crippen LogP contribution in [0.1, 0.15) is 27.8 Å². The van der Waals surface area contributed by atoms with Gasteiger partial charge < -0.3 is 14.8 Å². The number of hydrogen-bond acceptors (Lipinski definition) is 4. The van der Waals surface area contributed by atoms with Gasteiger partial charge in [0.15, 0.2) is 0 Å². The lowest BCUT2D eigenvalue weighted by Gasteiger charge is -2.10. The molecular weight excluding hydrogens is 328 g/mol. The Balaban J connectivity index is 2.02. The molecule has 1 N–H and O–H groups in total. The van der Waals surface area contributed by atoms with Crippen LogP contribution in [-0.2, 0) is 4.79 Å². The molecule has 1 aliphatic heterocycles. The molecule has 0 unspecified atom stereocenters. The van der Waals surface area contributed by atoms with E-state index in [4.69, 9.17) is 9.47 Å². The maximum absolute atomic E-state index is 12.4. The maximum Gasteiger partial charge on any atom is 0.275 e. The molecule has 0 saturated heterocycles. The number of methoxy groups -OCH3 is 2. The van der Waals surface area contributed by atoms with Crippen LogP contribution in [0.15, 0.2) is 41.0 Å². The minimum absolute atomic E-state index is 0.236. The molecule has 134 valence electrons. The number of hydrogen-bond donors (Lipinski definition) is 1. The van der Waals surface area contributed by atoms with Crippen LogP contribution >= 0.6 is 0 Å². The van der Waals surface area contributed by atoms with Gasteiger partial charge in [0.2, 0.25) is 0 Å². The average Bonchev–Trinajstić information content (AvgIpc) is 2.99. The molecule has 0 atom stereocenters. The van der Waals surface area contributed by atoms with Crippen LogP contribution in [0.4, 0.5) is 0 Å². The van der Waals surface area contributed by atoms with E-state index in [0.29, 0.717) is 17.3 Å². The fourth-order valence-electron chi connectivity index (χ4n) is 2.83. The fourth-order valence-corrected chi connectivity index (χ4v) is 2.83. The maximum atomic E-state index is 12.4. The molecule has 0 bridgehead atoms. The standard InChI is InChI=1S/C21H22N2O3/c1-12-6-7-15(8-13(12)2)20-22-17(21(24)23-20)10-16-11-18(25-4)14(3)9-19(16)26-5/h6-11H,1-5H3,(H,22,23,24)/b17-10+. The van der Waals surface area contributed by atoms with Crippen LogP contribution in [-0.4, -0.2) is 26.0 Å². The van der Waals surface area contributed by atoms with Crippen LogP contribution in [0.3, 0.4) is 0 Å². The number of carbonyl (C=O) groups excluding carboxylic acids is 1. The molecule has 0 radical (unpaired) electrons. The number of aryl methyl sites for hydroxylation is 3. The number of ether oxygens (including phenoxy) is 2. The lowest BCUT2D eigenvalue weighted by Crippen LogP contribution is -2.24. The van der Waals surface area contributed by atoms with Crippen LogP contribution in [0.25, 0.3) is 6.08 Å². The third-order valence-electron chi connectivity index (χ3n) is 4.52. The highest BCUT2D eigenvalue weighted by atomic mass is 16.5. The van der Waals surface area contributed by atoms with Gasteiger partial charge in [-0.15, -0.1) is 0 Å². The van der Waals surface area contributed by atoms with Crippen molar-refractivity contribution in [1.29, 1.82) is 0 Å². The highest BCUT2D eigenvalue weighted by Gasteiger charge is 2.22. The molecule has 0 aromatic heterocycles. The zero-order valence-electron chi connectivity index (χ0n) is 15.6. The number of carbonyl (C=O) groups is 1. The smallest absolute Gasteiger partial charge is 0.275 e. The van der Waals surface area contributed by atoms with E-state index in [2.05, 4.69) is 17.2 Å². The normalized spacial score (nSPS) is 15.0. The van der Waals surface area contributed by atoms with E-state index >= 15 is 0 Å². The molecule has 26 heavy (non-hydrogen) atoms. The van der Waals surface area contributed by atoms with Gasteiger partial charge in [0.25, 0.3) is 5.91 Å². The van der Waals surface area contributed by atoms with Crippen molar-refractivity contribution in [2.24, 2.45) is 4.99 Å². The van der Waals surface area contributed by atoms with E-state index in [-0.39, 0.29) is 5.91 Å². The first-order valence-electron chi connectivity index (χ1n) is 8.35. The summed E-state index contributed by atoms with van der Waals surface area (Å²) in [5, 5.41) is 2.84. The van der Waals surface area contributed by atoms with Crippen molar-refractivity contribution in [3.63, 3.8) is 0 Å². The van der Waals surface area contributed by atoms with Gasteiger partial charge in [0.1, 0.15) is 23.0 Å². The lowest BCUT2D eigenvalue weighted by molar-refractivity contribution is -0.115. The summed E-state index contributed by atoms with van der Waals surface area (Å²) in [4.78, 5) is 16.8. The number of aliphatic imine (C=N–C) groups is 1. The van der Waals surface area contributed by atoms with E-state index in [1.54, 1.807) is 20.3 Å². The quantitative estimate of drug-likeness (QED) is 0.858. The Morgan fingerprint density at radius 1 is 0.923 bits per heavy atom. The first kappa shape index (κ1) is 17.7.